The summed E-state index contributed by atoms with van der Waals surface area (Å²) in [6, 6.07) is 0.719. The monoisotopic (exact) mass is 282 g/mol. The van der Waals surface area contributed by atoms with Gasteiger partial charge in [-0.2, -0.15) is 11.8 Å². The number of rotatable bonds is 4. The molecule has 5 heteroatoms. The molecule has 1 aliphatic rings. The molecule has 1 aromatic heterocycles. The Labute approximate surface area is 120 Å². The molecule has 108 valence electrons. The van der Waals surface area contributed by atoms with Gasteiger partial charge in [0.15, 0.2) is 0 Å². The molecule has 2 heterocycles. The molecule has 0 radical (unpaired) electrons. The Bertz CT molecular complexity index is 394. The van der Waals surface area contributed by atoms with E-state index in [1.54, 1.807) is 0 Å². The summed E-state index contributed by atoms with van der Waals surface area (Å²) in [4.78, 5) is 6.85. The molecule has 0 spiro atoms. The van der Waals surface area contributed by atoms with E-state index in [0.717, 1.165) is 13.1 Å². The van der Waals surface area contributed by atoms with Crippen LogP contribution in [-0.2, 0) is 0 Å². The van der Waals surface area contributed by atoms with Crippen LogP contribution in [-0.4, -0.2) is 44.6 Å². The largest absolute Gasteiger partial charge is 0.331 e. The molecule has 0 bridgehead atoms. The number of aromatic nitrogens is 2. The van der Waals surface area contributed by atoms with E-state index >= 15 is 0 Å². The predicted octanol–water partition coefficient (Wildman–Crippen LogP) is 2.29. The topological polar surface area (TPSA) is 47.1 Å². The summed E-state index contributed by atoms with van der Waals surface area (Å²) in [5.74, 6) is 0. The molecule has 1 aliphatic heterocycles. The summed E-state index contributed by atoms with van der Waals surface area (Å²) in [5.41, 5.74) is 7.32. The average molecular weight is 282 g/mol. The van der Waals surface area contributed by atoms with E-state index in [9.17, 15) is 0 Å². The average Bonchev–Trinajstić information content (AvgIpc) is 2.78. The molecule has 0 saturated carbocycles. The lowest BCUT2D eigenvalue weighted by molar-refractivity contribution is 0.191. The van der Waals surface area contributed by atoms with Gasteiger partial charge >= 0.3 is 0 Å². The SMILES string of the molecule is CC1CN(C(CN)c2cncn2C(C)C)CC(C)S1. The van der Waals surface area contributed by atoms with Crippen molar-refractivity contribution in [3.05, 3.63) is 18.2 Å². The van der Waals surface area contributed by atoms with Gasteiger partial charge in [0.2, 0.25) is 0 Å². The highest BCUT2D eigenvalue weighted by molar-refractivity contribution is 8.00. The minimum Gasteiger partial charge on any atom is -0.331 e. The van der Waals surface area contributed by atoms with Crippen LogP contribution in [0.2, 0.25) is 0 Å². The van der Waals surface area contributed by atoms with E-state index in [1.165, 1.54) is 5.69 Å². The second kappa shape index (κ2) is 6.29. The minimum absolute atomic E-state index is 0.288. The van der Waals surface area contributed by atoms with Crippen LogP contribution in [0.5, 0.6) is 0 Å². The zero-order chi connectivity index (χ0) is 14.0. The second-order valence-corrected chi connectivity index (χ2v) is 7.66. The Morgan fingerprint density at radius 1 is 1.37 bits per heavy atom. The Morgan fingerprint density at radius 3 is 2.53 bits per heavy atom. The summed E-state index contributed by atoms with van der Waals surface area (Å²) >= 11 is 2.08. The normalized spacial score (nSPS) is 26.8. The Hall–Kier alpha value is -0.520. The summed E-state index contributed by atoms with van der Waals surface area (Å²) in [6.07, 6.45) is 3.91. The van der Waals surface area contributed by atoms with Gasteiger partial charge in [0.25, 0.3) is 0 Å². The Balaban J connectivity index is 2.21. The first kappa shape index (κ1) is 14.9. The minimum atomic E-state index is 0.288. The van der Waals surface area contributed by atoms with E-state index < -0.39 is 0 Å². The van der Waals surface area contributed by atoms with E-state index in [-0.39, 0.29) is 6.04 Å². The standard InChI is InChI=1S/C14H26N4S/c1-10(2)18-9-16-6-14(18)13(5-15)17-7-11(3)19-12(4)8-17/h6,9-13H,5,7-8,15H2,1-4H3. The summed E-state index contributed by atoms with van der Waals surface area (Å²) in [7, 11) is 0. The van der Waals surface area contributed by atoms with Crippen LogP contribution in [0, 0.1) is 0 Å². The van der Waals surface area contributed by atoms with Gasteiger partial charge < -0.3 is 10.3 Å². The predicted molar refractivity (Wildman–Crippen MR) is 82.5 cm³/mol. The molecule has 0 amide bonds. The number of imidazole rings is 1. The fraction of sp³-hybridized carbons (Fsp3) is 0.786. The quantitative estimate of drug-likeness (QED) is 0.920. The third-order valence-corrected chi connectivity index (χ3v) is 4.93. The number of thioether (sulfide) groups is 1. The highest BCUT2D eigenvalue weighted by Crippen LogP contribution is 2.31. The molecule has 1 saturated heterocycles. The second-order valence-electron chi connectivity index (χ2n) is 5.78. The fourth-order valence-electron chi connectivity index (χ4n) is 2.93. The zero-order valence-corrected chi connectivity index (χ0v) is 13.2. The number of nitrogens with zero attached hydrogens (tertiary/aromatic N) is 3. The van der Waals surface area contributed by atoms with Crippen LogP contribution in [0.25, 0.3) is 0 Å². The fourth-order valence-corrected chi connectivity index (χ4v) is 4.28. The highest BCUT2D eigenvalue weighted by atomic mass is 32.2. The Morgan fingerprint density at radius 2 is 2.00 bits per heavy atom. The molecule has 2 rings (SSSR count). The van der Waals surface area contributed by atoms with Crippen LogP contribution in [0.4, 0.5) is 0 Å². The van der Waals surface area contributed by atoms with Gasteiger partial charge in [-0.25, -0.2) is 4.98 Å². The summed E-state index contributed by atoms with van der Waals surface area (Å²) in [6.45, 7) is 11.9. The van der Waals surface area contributed by atoms with Crippen molar-refractivity contribution >= 4 is 11.8 Å². The van der Waals surface area contributed by atoms with Crippen LogP contribution in [0.3, 0.4) is 0 Å². The van der Waals surface area contributed by atoms with Crippen LogP contribution in [0.15, 0.2) is 12.5 Å². The van der Waals surface area contributed by atoms with Crippen LogP contribution < -0.4 is 5.73 Å². The van der Waals surface area contributed by atoms with Gasteiger partial charge in [-0.15, -0.1) is 0 Å². The lowest BCUT2D eigenvalue weighted by atomic mass is 10.1. The summed E-state index contributed by atoms with van der Waals surface area (Å²) < 4.78 is 2.24. The van der Waals surface area contributed by atoms with Crippen molar-refractivity contribution in [1.82, 2.24) is 14.5 Å². The molecule has 0 aliphatic carbocycles. The van der Waals surface area contributed by atoms with Crippen molar-refractivity contribution in [3.63, 3.8) is 0 Å². The van der Waals surface area contributed by atoms with Gasteiger partial charge in [-0.3, -0.25) is 4.90 Å². The molecule has 4 nitrogen and oxygen atoms in total. The molecule has 1 aromatic rings. The first-order valence-corrected chi connectivity index (χ1v) is 8.08. The molecule has 3 atom stereocenters. The number of hydrogen-bond acceptors (Lipinski definition) is 4. The first-order valence-electron chi connectivity index (χ1n) is 7.14. The van der Waals surface area contributed by atoms with Gasteiger partial charge in [0.05, 0.1) is 18.1 Å². The van der Waals surface area contributed by atoms with Gasteiger partial charge in [-0.1, -0.05) is 13.8 Å². The lowest BCUT2D eigenvalue weighted by Gasteiger charge is -2.39. The maximum atomic E-state index is 6.07. The zero-order valence-electron chi connectivity index (χ0n) is 12.4. The van der Waals surface area contributed by atoms with Gasteiger partial charge in [0, 0.05) is 42.4 Å². The number of hydrogen-bond donors (Lipinski definition) is 1. The van der Waals surface area contributed by atoms with Crippen LogP contribution >= 0.6 is 11.8 Å². The van der Waals surface area contributed by atoms with E-state index in [0.29, 0.717) is 23.1 Å². The molecule has 0 aromatic carbocycles. The molecule has 1 fully saturated rings. The van der Waals surface area contributed by atoms with Crippen molar-refractivity contribution in [2.75, 3.05) is 19.6 Å². The maximum Gasteiger partial charge on any atom is 0.0951 e. The molecule has 2 N–H and O–H groups in total. The van der Waals surface area contributed by atoms with Gasteiger partial charge in [0.1, 0.15) is 0 Å². The van der Waals surface area contributed by atoms with Crippen molar-refractivity contribution < 1.29 is 0 Å². The third kappa shape index (κ3) is 3.33. The van der Waals surface area contributed by atoms with Gasteiger partial charge in [-0.05, 0) is 13.8 Å². The van der Waals surface area contributed by atoms with Crippen molar-refractivity contribution in [1.29, 1.82) is 0 Å². The van der Waals surface area contributed by atoms with E-state index in [1.807, 2.05) is 12.5 Å². The summed E-state index contributed by atoms with van der Waals surface area (Å²) in [5, 5.41) is 1.35. The van der Waals surface area contributed by atoms with E-state index in [4.69, 9.17) is 5.73 Å². The molecular weight excluding hydrogens is 256 g/mol. The molecular formula is C14H26N4S. The molecule has 19 heavy (non-hydrogen) atoms. The van der Waals surface area contributed by atoms with Crippen molar-refractivity contribution in [2.24, 2.45) is 5.73 Å². The third-order valence-electron chi connectivity index (χ3n) is 3.71. The number of nitrogens with two attached hydrogens (primary N) is 1. The Kier molecular flexibility index (Phi) is 4.92. The molecule has 3 unspecified atom stereocenters. The highest BCUT2D eigenvalue weighted by Gasteiger charge is 2.29. The smallest absolute Gasteiger partial charge is 0.0951 e. The maximum absolute atomic E-state index is 6.07. The van der Waals surface area contributed by atoms with E-state index in [2.05, 4.69) is 53.9 Å². The van der Waals surface area contributed by atoms with Crippen molar-refractivity contribution in [2.45, 2.75) is 50.3 Å². The first-order chi connectivity index (χ1) is 9.02. The van der Waals surface area contributed by atoms with Crippen LogP contribution in [0.1, 0.15) is 45.5 Å². The lowest BCUT2D eigenvalue weighted by Crippen LogP contribution is -2.45. The van der Waals surface area contributed by atoms with Crippen molar-refractivity contribution in [3.8, 4) is 0 Å².